The third kappa shape index (κ3) is 3.82. The Morgan fingerprint density at radius 2 is 1.05 bits per heavy atom. The number of anilines is 2. The molecule has 0 saturated heterocycles. The van der Waals surface area contributed by atoms with Crippen molar-refractivity contribution in [3.63, 3.8) is 0 Å². The van der Waals surface area contributed by atoms with Crippen LogP contribution in [0.25, 0.3) is 44.4 Å². The molecule has 0 bridgehead atoms. The van der Waals surface area contributed by atoms with E-state index in [-0.39, 0.29) is 0 Å². The van der Waals surface area contributed by atoms with Crippen molar-refractivity contribution in [3.05, 3.63) is 127 Å². The number of pyridine rings is 1. The van der Waals surface area contributed by atoms with Crippen LogP contribution in [-0.4, -0.2) is 12.0 Å². The summed E-state index contributed by atoms with van der Waals surface area (Å²) in [6.45, 7) is 0. The minimum absolute atomic E-state index is 0.849. The number of hydrogen-bond acceptors (Lipinski definition) is 3. The first-order chi connectivity index (χ1) is 18.2. The number of nitrogens with zero attached hydrogens (tertiary/aromatic N) is 2. The second kappa shape index (κ2) is 8.65. The Morgan fingerprint density at radius 1 is 0.486 bits per heavy atom. The normalized spacial score (nSPS) is 12.1. The third-order valence-electron chi connectivity index (χ3n) is 7.03. The standard InChI is InChI=1S/C34H24N2O/c1-36-31-17-16-27(22-33(31)37-34-21-26-15-9-8-14-25(26)20-32(34)36)28-18-29(23-10-4-2-5-11-23)35-30(19-28)24-12-6-3-7-13-24/h2-22H,1H3. The summed E-state index contributed by atoms with van der Waals surface area (Å²) in [6.07, 6.45) is 0. The molecular formula is C34H24N2O. The smallest absolute Gasteiger partial charge is 0.151 e. The molecule has 0 aliphatic carbocycles. The quantitative estimate of drug-likeness (QED) is 0.255. The number of ether oxygens (including phenoxy) is 1. The van der Waals surface area contributed by atoms with E-state index in [0.29, 0.717) is 0 Å². The van der Waals surface area contributed by atoms with Crippen molar-refractivity contribution in [1.82, 2.24) is 4.98 Å². The number of aromatic nitrogens is 1. The molecule has 0 unspecified atom stereocenters. The molecule has 0 radical (unpaired) electrons. The van der Waals surface area contributed by atoms with E-state index < -0.39 is 0 Å². The molecule has 3 heteroatoms. The molecule has 2 heterocycles. The maximum absolute atomic E-state index is 6.49. The van der Waals surface area contributed by atoms with Gasteiger partial charge in [0.05, 0.1) is 22.8 Å². The number of fused-ring (bicyclic) bond motifs is 3. The van der Waals surface area contributed by atoms with Crippen molar-refractivity contribution >= 4 is 22.1 Å². The fourth-order valence-electron chi connectivity index (χ4n) is 5.06. The zero-order valence-corrected chi connectivity index (χ0v) is 20.4. The van der Waals surface area contributed by atoms with Gasteiger partial charge >= 0.3 is 0 Å². The first-order valence-corrected chi connectivity index (χ1v) is 12.4. The molecule has 0 amide bonds. The molecule has 176 valence electrons. The van der Waals surface area contributed by atoms with Crippen LogP contribution in [0.5, 0.6) is 11.5 Å². The largest absolute Gasteiger partial charge is 0.453 e. The van der Waals surface area contributed by atoms with Gasteiger partial charge in [-0.15, -0.1) is 0 Å². The molecule has 37 heavy (non-hydrogen) atoms. The topological polar surface area (TPSA) is 25.4 Å². The van der Waals surface area contributed by atoms with Crippen LogP contribution in [0, 0.1) is 0 Å². The second-order valence-corrected chi connectivity index (χ2v) is 9.37. The molecule has 0 fully saturated rings. The fraction of sp³-hybridized carbons (Fsp3) is 0.0294. The average molecular weight is 477 g/mol. The highest BCUT2D eigenvalue weighted by atomic mass is 16.5. The minimum atomic E-state index is 0.849. The lowest BCUT2D eigenvalue weighted by molar-refractivity contribution is 0.476. The average Bonchev–Trinajstić information content (AvgIpc) is 2.97. The third-order valence-corrected chi connectivity index (χ3v) is 7.03. The molecule has 0 saturated carbocycles. The van der Waals surface area contributed by atoms with E-state index in [1.165, 1.54) is 10.8 Å². The van der Waals surface area contributed by atoms with Gasteiger partial charge < -0.3 is 9.64 Å². The summed E-state index contributed by atoms with van der Waals surface area (Å²) in [5.41, 5.74) is 8.40. The van der Waals surface area contributed by atoms with Gasteiger partial charge in [0.2, 0.25) is 0 Å². The Kier molecular flexibility index (Phi) is 5.00. The van der Waals surface area contributed by atoms with Gasteiger partial charge in [0.25, 0.3) is 0 Å². The maximum atomic E-state index is 6.49. The van der Waals surface area contributed by atoms with E-state index in [9.17, 15) is 0 Å². The van der Waals surface area contributed by atoms with Gasteiger partial charge in [-0.1, -0.05) is 91.0 Å². The van der Waals surface area contributed by atoms with Crippen molar-refractivity contribution in [2.45, 2.75) is 0 Å². The number of benzene rings is 5. The van der Waals surface area contributed by atoms with Crippen LogP contribution in [0.2, 0.25) is 0 Å². The highest BCUT2D eigenvalue weighted by Crippen LogP contribution is 2.48. The Morgan fingerprint density at radius 3 is 1.70 bits per heavy atom. The van der Waals surface area contributed by atoms with E-state index in [0.717, 1.165) is 56.5 Å². The molecule has 0 atom stereocenters. The van der Waals surface area contributed by atoms with Crippen molar-refractivity contribution in [2.24, 2.45) is 0 Å². The van der Waals surface area contributed by atoms with Crippen LogP contribution in [-0.2, 0) is 0 Å². The van der Waals surface area contributed by atoms with E-state index in [2.05, 4.69) is 127 Å². The van der Waals surface area contributed by atoms with Gasteiger partial charge in [-0.2, -0.15) is 0 Å². The van der Waals surface area contributed by atoms with Gasteiger partial charge in [0.15, 0.2) is 11.5 Å². The number of hydrogen-bond donors (Lipinski definition) is 0. The fourth-order valence-corrected chi connectivity index (χ4v) is 5.06. The lowest BCUT2D eigenvalue weighted by Gasteiger charge is -2.30. The van der Waals surface area contributed by atoms with E-state index in [1.54, 1.807) is 0 Å². The summed E-state index contributed by atoms with van der Waals surface area (Å²) in [5.74, 6) is 1.72. The van der Waals surface area contributed by atoms with Crippen LogP contribution < -0.4 is 9.64 Å². The molecule has 1 aromatic heterocycles. The Bertz CT molecular complexity index is 1700. The van der Waals surface area contributed by atoms with Crippen molar-refractivity contribution in [3.8, 4) is 45.1 Å². The number of rotatable bonds is 3. The molecule has 6 aromatic rings. The molecule has 0 spiro atoms. The summed E-state index contributed by atoms with van der Waals surface area (Å²) in [5, 5.41) is 2.37. The molecule has 5 aromatic carbocycles. The van der Waals surface area contributed by atoms with Crippen LogP contribution >= 0.6 is 0 Å². The predicted molar refractivity (Wildman–Crippen MR) is 153 cm³/mol. The second-order valence-electron chi connectivity index (χ2n) is 9.37. The molecule has 3 nitrogen and oxygen atoms in total. The first kappa shape index (κ1) is 21.4. The van der Waals surface area contributed by atoms with Gasteiger partial charge in [0.1, 0.15) is 0 Å². The van der Waals surface area contributed by atoms with Gasteiger partial charge in [-0.25, -0.2) is 4.98 Å². The highest BCUT2D eigenvalue weighted by molar-refractivity contribution is 5.92. The molecule has 0 N–H and O–H groups in total. The van der Waals surface area contributed by atoms with Gasteiger partial charge in [0, 0.05) is 18.2 Å². The Labute approximate surface area is 216 Å². The van der Waals surface area contributed by atoms with Crippen LogP contribution in [0.4, 0.5) is 11.4 Å². The van der Waals surface area contributed by atoms with Crippen molar-refractivity contribution in [1.29, 1.82) is 0 Å². The van der Waals surface area contributed by atoms with Crippen LogP contribution in [0.15, 0.2) is 127 Å². The summed E-state index contributed by atoms with van der Waals surface area (Å²) in [7, 11) is 2.10. The van der Waals surface area contributed by atoms with Crippen LogP contribution in [0.3, 0.4) is 0 Å². The zero-order chi connectivity index (χ0) is 24.8. The summed E-state index contributed by atoms with van der Waals surface area (Å²) in [6, 6.07) is 44.2. The molecule has 1 aliphatic heterocycles. The Balaban J connectivity index is 1.35. The van der Waals surface area contributed by atoms with Crippen LogP contribution in [0.1, 0.15) is 0 Å². The zero-order valence-electron chi connectivity index (χ0n) is 20.4. The lowest BCUT2D eigenvalue weighted by Crippen LogP contribution is -2.15. The van der Waals surface area contributed by atoms with E-state index in [1.807, 2.05) is 12.1 Å². The maximum Gasteiger partial charge on any atom is 0.151 e. The molecular weight excluding hydrogens is 452 g/mol. The highest BCUT2D eigenvalue weighted by Gasteiger charge is 2.23. The minimum Gasteiger partial charge on any atom is -0.453 e. The van der Waals surface area contributed by atoms with Gasteiger partial charge in [-0.05, 0) is 58.3 Å². The monoisotopic (exact) mass is 476 g/mol. The molecule has 1 aliphatic rings. The first-order valence-electron chi connectivity index (χ1n) is 12.4. The van der Waals surface area contributed by atoms with E-state index in [4.69, 9.17) is 9.72 Å². The van der Waals surface area contributed by atoms with Gasteiger partial charge in [-0.3, -0.25) is 0 Å². The van der Waals surface area contributed by atoms with Crippen molar-refractivity contribution < 1.29 is 4.74 Å². The predicted octanol–water partition coefficient (Wildman–Crippen LogP) is 9.11. The Hall–Kier alpha value is -4.89. The summed E-state index contributed by atoms with van der Waals surface area (Å²) >= 11 is 0. The van der Waals surface area contributed by atoms with Crippen molar-refractivity contribution in [2.75, 3.05) is 11.9 Å². The molecule has 7 rings (SSSR count). The summed E-state index contributed by atoms with van der Waals surface area (Å²) < 4.78 is 6.49. The van der Waals surface area contributed by atoms with E-state index >= 15 is 0 Å². The lowest BCUT2D eigenvalue weighted by atomic mass is 9.99. The summed E-state index contributed by atoms with van der Waals surface area (Å²) in [4.78, 5) is 7.23. The SMILES string of the molecule is CN1c2ccc(-c3cc(-c4ccccc4)nc(-c4ccccc4)c3)cc2Oc2cc3ccccc3cc21.